The third-order valence-corrected chi connectivity index (χ3v) is 3.11. The molecule has 0 aliphatic heterocycles. The lowest BCUT2D eigenvalue weighted by molar-refractivity contribution is -0.140. The summed E-state index contributed by atoms with van der Waals surface area (Å²) < 4.78 is 0. The van der Waals surface area contributed by atoms with E-state index in [1.165, 1.54) is 6.92 Å². The van der Waals surface area contributed by atoms with E-state index < -0.39 is 24.1 Å². The molecule has 18 heavy (non-hydrogen) atoms. The molecule has 1 aliphatic carbocycles. The number of carboxylic acids is 1. The topological polar surface area (TPSA) is 91.7 Å². The van der Waals surface area contributed by atoms with Gasteiger partial charge in [0.2, 0.25) is 0 Å². The summed E-state index contributed by atoms with van der Waals surface area (Å²) in [5.41, 5.74) is -0.362. The number of aliphatic carboxylic acids is 1. The van der Waals surface area contributed by atoms with Crippen LogP contribution in [0.25, 0.3) is 0 Å². The van der Waals surface area contributed by atoms with Crippen molar-refractivity contribution >= 4 is 17.5 Å². The number of ketones is 2. The van der Waals surface area contributed by atoms with E-state index in [4.69, 9.17) is 5.11 Å². The summed E-state index contributed by atoms with van der Waals surface area (Å²) in [5.74, 6) is -3.07. The molecule has 0 saturated carbocycles. The zero-order valence-electron chi connectivity index (χ0n) is 10.8. The number of Topliss-reactive ketones (excluding diaryl/α,β-unsaturated/α-hetero) is 2. The number of rotatable bonds is 4. The van der Waals surface area contributed by atoms with Gasteiger partial charge in [-0.25, -0.2) is 0 Å². The molecule has 0 aromatic rings. The Morgan fingerprint density at radius 3 is 2.28 bits per heavy atom. The van der Waals surface area contributed by atoms with Gasteiger partial charge in [-0.05, 0) is 12.3 Å². The highest BCUT2D eigenvalue weighted by Crippen LogP contribution is 2.38. The molecule has 0 amide bonds. The van der Waals surface area contributed by atoms with Gasteiger partial charge >= 0.3 is 5.97 Å². The maximum Gasteiger partial charge on any atom is 0.304 e. The van der Waals surface area contributed by atoms with E-state index in [1.54, 1.807) is 0 Å². The highest BCUT2D eigenvalue weighted by atomic mass is 16.4. The second-order valence-electron chi connectivity index (χ2n) is 5.56. The molecule has 100 valence electrons. The van der Waals surface area contributed by atoms with Gasteiger partial charge in [-0.3, -0.25) is 14.4 Å². The van der Waals surface area contributed by atoms with Crippen LogP contribution < -0.4 is 0 Å². The Bertz CT molecular complexity index is 431. The van der Waals surface area contributed by atoms with Crippen LogP contribution in [0.3, 0.4) is 0 Å². The van der Waals surface area contributed by atoms with Gasteiger partial charge in [-0.2, -0.15) is 0 Å². The van der Waals surface area contributed by atoms with Crippen molar-refractivity contribution in [2.75, 3.05) is 0 Å². The van der Waals surface area contributed by atoms with Crippen molar-refractivity contribution in [3.63, 3.8) is 0 Å². The van der Waals surface area contributed by atoms with Crippen LogP contribution in [0.1, 0.15) is 40.0 Å². The Balaban J connectivity index is 3.15. The molecule has 0 radical (unpaired) electrons. The Morgan fingerprint density at radius 1 is 1.33 bits per heavy atom. The minimum atomic E-state index is -1.16. The fraction of sp³-hybridized carbons (Fsp3) is 0.615. The van der Waals surface area contributed by atoms with Crippen LogP contribution in [0.15, 0.2) is 11.3 Å². The number of carbonyl (C=O) groups excluding carboxylic acids is 2. The van der Waals surface area contributed by atoms with Crippen molar-refractivity contribution in [3.05, 3.63) is 11.3 Å². The number of aliphatic hydroxyl groups excluding tert-OH is 1. The molecule has 1 unspecified atom stereocenters. The Labute approximate surface area is 105 Å². The predicted molar refractivity (Wildman–Crippen MR) is 64.1 cm³/mol. The number of hydrogen-bond donors (Lipinski definition) is 2. The average Bonchev–Trinajstić information content (AvgIpc) is 2.11. The normalized spacial score (nSPS) is 20.7. The van der Waals surface area contributed by atoms with E-state index in [0.29, 0.717) is 0 Å². The van der Waals surface area contributed by atoms with E-state index in [0.717, 1.165) is 0 Å². The maximum atomic E-state index is 12.0. The van der Waals surface area contributed by atoms with Crippen molar-refractivity contribution in [1.82, 2.24) is 0 Å². The number of hydrogen-bond acceptors (Lipinski definition) is 4. The summed E-state index contributed by atoms with van der Waals surface area (Å²) in [5, 5.41) is 18.7. The highest BCUT2D eigenvalue weighted by Gasteiger charge is 2.38. The van der Waals surface area contributed by atoms with E-state index in [9.17, 15) is 19.5 Å². The first-order valence-corrected chi connectivity index (χ1v) is 5.81. The summed E-state index contributed by atoms with van der Waals surface area (Å²) in [4.78, 5) is 34.2. The van der Waals surface area contributed by atoms with Crippen molar-refractivity contribution in [2.24, 2.45) is 11.3 Å². The summed E-state index contributed by atoms with van der Waals surface area (Å²) in [7, 11) is 0. The monoisotopic (exact) mass is 254 g/mol. The zero-order chi connectivity index (χ0) is 14.1. The molecule has 1 aliphatic rings. The van der Waals surface area contributed by atoms with Crippen molar-refractivity contribution in [2.45, 2.75) is 40.0 Å². The Hall–Kier alpha value is -1.65. The molecule has 0 bridgehead atoms. The van der Waals surface area contributed by atoms with Crippen LogP contribution >= 0.6 is 0 Å². The lowest BCUT2D eigenvalue weighted by atomic mass is 9.72. The standard InChI is InChI=1S/C13H18O5/c1-7(14)8(4-11(17)18)12-9(15)5-13(2,3)6-10(12)16/h8,15H,4-6H2,1-3H3,(H,17,18). The zero-order valence-corrected chi connectivity index (χ0v) is 10.8. The first kappa shape index (κ1) is 14.4. The molecule has 5 nitrogen and oxygen atoms in total. The van der Waals surface area contributed by atoms with Crippen LogP contribution in [0.4, 0.5) is 0 Å². The van der Waals surface area contributed by atoms with Gasteiger partial charge < -0.3 is 10.2 Å². The van der Waals surface area contributed by atoms with Gasteiger partial charge in [0.05, 0.1) is 12.3 Å². The van der Waals surface area contributed by atoms with Crippen molar-refractivity contribution < 1.29 is 24.6 Å². The Morgan fingerprint density at radius 2 is 1.89 bits per heavy atom. The van der Waals surface area contributed by atoms with Gasteiger partial charge in [0.15, 0.2) is 5.78 Å². The molecular weight excluding hydrogens is 236 g/mol. The third-order valence-electron chi connectivity index (χ3n) is 3.11. The van der Waals surface area contributed by atoms with Crippen LogP contribution in [0.5, 0.6) is 0 Å². The highest BCUT2D eigenvalue weighted by molar-refractivity contribution is 6.03. The molecular formula is C13H18O5. The number of allylic oxidation sites excluding steroid dienone is 2. The molecule has 5 heteroatoms. The number of carbonyl (C=O) groups is 3. The molecule has 2 N–H and O–H groups in total. The minimum absolute atomic E-state index is 0.00998. The summed E-state index contributed by atoms with van der Waals surface area (Å²) in [6, 6.07) is 0. The molecule has 0 saturated heterocycles. The SMILES string of the molecule is CC(=O)C(CC(=O)O)C1=C(O)CC(C)(C)CC1=O. The van der Waals surface area contributed by atoms with Crippen LogP contribution in [-0.2, 0) is 14.4 Å². The molecule has 1 atom stereocenters. The molecule has 0 aromatic carbocycles. The Kier molecular flexibility index (Phi) is 3.94. The molecule has 0 spiro atoms. The fourth-order valence-electron chi connectivity index (χ4n) is 2.32. The fourth-order valence-corrected chi connectivity index (χ4v) is 2.32. The van der Waals surface area contributed by atoms with Gasteiger partial charge in [-0.1, -0.05) is 13.8 Å². The smallest absolute Gasteiger partial charge is 0.304 e. The number of carboxylic acid groups (broad SMARTS) is 1. The first-order valence-electron chi connectivity index (χ1n) is 5.81. The van der Waals surface area contributed by atoms with Crippen LogP contribution in [0, 0.1) is 11.3 Å². The van der Waals surface area contributed by atoms with Gasteiger partial charge in [0.25, 0.3) is 0 Å². The molecule has 0 aromatic heterocycles. The van der Waals surface area contributed by atoms with Crippen LogP contribution in [0.2, 0.25) is 0 Å². The lowest BCUT2D eigenvalue weighted by Gasteiger charge is -2.31. The molecule has 0 heterocycles. The van der Waals surface area contributed by atoms with Gasteiger partial charge in [0, 0.05) is 18.4 Å². The van der Waals surface area contributed by atoms with E-state index in [1.807, 2.05) is 13.8 Å². The van der Waals surface area contributed by atoms with E-state index in [-0.39, 0.29) is 35.4 Å². The maximum absolute atomic E-state index is 12.0. The van der Waals surface area contributed by atoms with Crippen molar-refractivity contribution in [1.29, 1.82) is 0 Å². The number of aliphatic hydroxyl groups is 1. The summed E-state index contributed by atoms with van der Waals surface area (Å²) >= 11 is 0. The first-order chi connectivity index (χ1) is 8.14. The summed E-state index contributed by atoms with van der Waals surface area (Å²) in [6.07, 6.45) is 0.0498. The summed E-state index contributed by atoms with van der Waals surface area (Å²) in [6.45, 7) is 4.93. The molecule has 0 fully saturated rings. The third kappa shape index (κ3) is 3.18. The largest absolute Gasteiger partial charge is 0.512 e. The van der Waals surface area contributed by atoms with Crippen molar-refractivity contribution in [3.8, 4) is 0 Å². The van der Waals surface area contributed by atoms with Crippen LogP contribution in [-0.4, -0.2) is 27.7 Å². The second kappa shape index (κ2) is 4.92. The van der Waals surface area contributed by atoms with E-state index >= 15 is 0 Å². The van der Waals surface area contributed by atoms with E-state index in [2.05, 4.69) is 0 Å². The quantitative estimate of drug-likeness (QED) is 0.799. The van der Waals surface area contributed by atoms with Gasteiger partial charge in [0.1, 0.15) is 11.5 Å². The minimum Gasteiger partial charge on any atom is -0.512 e. The molecule has 1 rings (SSSR count). The average molecular weight is 254 g/mol. The predicted octanol–water partition coefficient (Wildman–Crippen LogP) is 1.87. The second-order valence-corrected chi connectivity index (χ2v) is 5.56. The lowest BCUT2D eigenvalue weighted by Crippen LogP contribution is -2.32. The van der Waals surface area contributed by atoms with Gasteiger partial charge in [-0.15, -0.1) is 0 Å².